The van der Waals surface area contributed by atoms with Crippen molar-refractivity contribution >= 4 is 17.2 Å². The Labute approximate surface area is 111 Å². The molecule has 5 heteroatoms. The van der Waals surface area contributed by atoms with Crippen LogP contribution in [0.2, 0.25) is 0 Å². The molecule has 0 fully saturated rings. The highest BCUT2D eigenvalue weighted by atomic mass is 32.1. The Bertz CT molecular complexity index is 571. The maximum Gasteiger partial charge on any atom is 0.274 e. The first-order chi connectivity index (χ1) is 8.49. The van der Waals surface area contributed by atoms with Crippen molar-refractivity contribution in [2.24, 2.45) is 0 Å². The van der Waals surface area contributed by atoms with E-state index in [1.807, 2.05) is 26.3 Å². The zero-order chi connectivity index (χ0) is 13.3. The first kappa shape index (κ1) is 12.8. The summed E-state index contributed by atoms with van der Waals surface area (Å²) < 4.78 is 0. The van der Waals surface area contributed by atoms with Crippen LogP contribution in [0.4, 0.5) is 0 Å². The molecule has 0 radical (unpaired) electrons. The van der Waals surface area contributed by atoms with Crippen molar-refractivity contribution in [1.29, 1.82) is 0 Å². The van der Waals surface area contributed by atoms with Gasteiger partial charge in [-0.25, -0.2) is 4.98 Å². The van der Waals surface area contributed by atoms with Gasteiger partial charge in [0.25, 0.3) is 5.91 Å². The van der Waals surface area contributed by atoms with Gasteiger partial charge in [-0.1, -0.05) is 0 Å². The molecule has 96 valence electrons. The number of H-pyrrole nitrogens is 1. The SMILES string of the molecule is Cc1nc(C(=O)N(C)Cc2sccc2C)c(C)[nH]1. The third-order valence-corrected chi connectivity index (χ3v) is 3.91. The topological polar surface area (TPSA) is 49.0 Å². The summed E-state index contributed by atoms with van der Waals surface area (Å²) in [5.41, 5.74) is 2.58. The first-order valence-corrected chi connectivity index (χ1v) is 6.68. The molecular weight excluding hydrogens is 246 g/mol. The van der Waals surface area contributed by atoms with E-state index >= 15 is 0 Å². The Morgan fingerprint density at radius 2 is 2.17 bits per heavy atom. The molecule has 2 aromatic rings. The van der Waals surface area contributed by atoms with Crippen molar-refractivity contribution in [3.8, 4) is 0 Å². The molecule has 0 bridgehead atoms. The van der Waals surface area contributed by atoms with Crippen LogP contribution in [0.3, 0.4) is 0 Å². The summed E-state index contributed by atoms with van der Waals surface area (Å²) in [6.07, 6.45) is 0. The predicted octanol–water partition coefficient (Wildman–Crippen LogP) is 2.67. The fourth-order valence-corrected chi connectivity index (χ4v) is 2.81. The van der Waals surface area contributed by atoms with E-state index in [1.165, 1.54) is 10.4 Å². The fraction of sp³-hybridized carbons (Fsp3) is 0.385. The van der Waals surface area contributed by atoms with Crippen molar-refractivity contribution in [3.63, 3.8) is 0 Å². The highest BCUT2D eigenvalue weighted by Gasteiger charge is 2.18. The van der Waals surface area contributed by atoms with E-state index in [-0.39, 0.29) is 5.91 Å². The number of nitrogens with one attached hydrogen (secondary N) is 1. The number of thiophene rings is 1. The van der Waals surface area contributed by atoms with Gasteiger partial charge in [-0.2, -0.15) is 0 Å². The van der Waals surface area contributed by atoms with E-state index < -0.39 is 0 Å². The Balaban J connectivity index is 2.14. The van der Waals surface area contributed by atoms with Crippen LogP contribution < -0.4 is 0 Å². The van der Waals surface area contributed by atoms with Gasteiger partial charge < -0.3 is 9.88 Å². The van der Waals surface area contributed by atoms with E-state index in [2.05, 4.69) is 23.0 Å². The van der Waals surface area contributed by atoms with Crippen molar-refractivity contribution in [2.75, 3.05) is 7.05 Å². The second-order valence-electron chi connectivity index (χ2n) is 4.48. The van der Waals surface area contributed by atoms with Crippen LogP contribution in [0.5, 0.6) is 0 Å². The number of aromatic amines is 1. The molecule has 0 unspecified atom stereocenters. The number of nitrogens with zero attached hydrogens (tertiary/aromatic N) is 2. The minimum atomic E-state index is -0.0374. The number of carbonyl (C=O) groups excluding carboxylic acids is 1. The third-order valence-electron chi connectivity index (χ3n) is 2.90. The van der Waals surface area contributed by atoms with Crippen LogP contribution in [0.1, 0.15) is 32.4 Å². The zero-order valence-corrected chi connectivity index (χ0v) is 11.9. The van der Waals surface area contributed by atoms with Gasteiger partial charge in [0.2, 0.25) is 0 Å². The number of hydrogen-bond donors (Lipinski definition) is 1. The van der Waals surface area contributed by atoms with Crippen LogP contribution in [0.15, 0.2) is 11.4 Å². The van der Waals surface area contributed by atoms with Gasteiger partial charge >= 0.3 is 0 Å². The van der Waals surface area contributed by atoms with Gasteiger partial charge in [0.1, 0.15) is 11.5 Å². The lowest BCUT2D eigenvalue weighted by atomic mass is 10.2. The second kappa shape index (κ2) is 4.94. The Morgan fingerprint density at radius 1 is 1.44 bits per heavy atom. The molecule has 0 aliphatic carbocycles. The molecule has 0 spiro atoms. The molecule has 2 rings (SSSR count). The number of carbonyl (C=O) groups is 1. The molecule has 1 amide bonds. The summed E-state index contributed by atoms with van der Waals surface area (Å²) in [6.45, 7) is 6.42. The van der Waals surface area contributed by atoms with Gasteiger partial charge in [-0.3, -0.25) is 4.79 Å². The van der Waals surface area contributed by atoms with Crippen molar-refractivity contribution in [3.05, 3.63) is 39.1 Å². The average molecular weight is 263 g/mol. The molecule has 0 aliphatic rings. The van der Waals surface area contributed by atoms with Crippen molar-refractivity contribution in [1.82, 2.24) is 14.9 Å². The van der Waals surface area contributed by atoms with Gasteiger partial charge in [0.15, 0.2) is 0 Å². The number of amides is 1. The molecule has 2 heterocycles. The smallest absolute Gasteiger partial charge is 0.274 e. The maximum atomic E-state index is 12.3. The lowest BCUT2D eigenvalue weighted by molar-refractivity contribution is 0.0780. The molecule has 0 saturated carbocycles. The molecule has 0 saturated heterocycles. The maximum absolute atomic E-state index is 12.3. The molecule has 2 aromatic heterocycles. The number of aryl methyl sites for hydroxylation is 3. The number of imidazole rings is 1. The molecule has 0 aromatic carbocycles. The zero-order valence-electron chi connectivity index (χ0n) is 11.1. The van der Waals surface area contributed by atoms with Crippen LogP contribution >= 0.6 is 11.3 Å². The monoisotopic (exact) mass is 263 g/mol. The minimum Gasteiger partial charge on any atom is -0.346 e. The molecule has 1 N–H and O–H groups in total. The standard InChI is InChI=1S/C13H17N3OS/c1-8-5-6-18-11(8)7-16(4)13(17)12-9(2)14-10(3)15-12/h5-6H,7H2,1-4H3,(H,14,15). The predicted molar refractivity (Wildman–Crippen MR) is 72.9 cm³/mol. The van der Waals surface area contributed by atoms with Gasteiger partial charge in [-0.05, 0) is 37.8 Å². The molecular formula is C13H17N3OS. The lowest BCUT2D eigenvalue weighted by Gasteiger charge is -2.16. The Hall–Kier alpha value is -1.62. The summed E-state index contributed by atoms with van der Waals surface area (Å²) >= 11 is 1.68. The molecule has 18 heavy (non-hydrogen) atoms. The third kappa shape index (κ3) is 2.46. The minimum absolute atomic E-state index is 0.0374. The van der Waals surface area contributed by atoms with E-state index in [0.717, 1.165) is 11.5 Å². The summed E-state index contributed by atoms with van der Waals surface area (Å²) in [7, 11) is 1.81. The average Bonchev–Trinajstić information content (AvgIpc) is 2.85. The van der Waals surface area contributed by atoms with Crippen LogP contribution in [-0.4, -0.2) is 27.8 Å². The highest BCUT2D eigenvalue weighted by molar-refractivity contribution is 7.10. The molecule has 0 atom stereocenters. The van der Waals surface area contributed by atoms with Gasteiger partial charge in [0.05, 0.1) is 6.54 Å². The number of hydrogen-bond acceptors (Lipinski definition) is 3. The first-order valence-electron chi connectivity index (χ1n) is 5.80. The number of aromatic nitrogens is 2. The quantitative estimate of drug-likeness (QED) is 0.925. The van der Waals surface area contributed by atoms with E-state index in [0.29, 0.717) is 12.2 Å². The van der Waals surface area contributed by atoms with Crippen molar-refractivity contribution in [2.45, 2.75) is 27.3 Å². The second-order valence-corrected chi connectivity index (χ2v) is 5.48. The molecule has 4 nitrogen and oxygen atoms in total. The summed E-state index contributed by atoms with van der Waals surface area (Å²) in [5, 5.41) is 2.05. The Kier molecular flexibility index (Phi) is 3.52. The van der Waals surface area contributed by atoms with Crippen molar-refractivity contribution < 1.29 is 4.79 Å². The van der Waals surface area contributed by atoms with Crippen LogP contribution in [0, 0.1) is 20.8 Å². The van der Waals surface area contributed by atoms with E-state index in [4.69, 9.17) is 0 Å². The molecule has 0 aliphatic heterocycles. The summed E-state index contributed by atoms with van der Waals surface area (Å²) in [6, 6.07) is 2.07. The normalized spacial score (nSPS) is 10.7. The summed E-state index contributed by atoms with van der Waals surface area (Å²) in [4.78, 5) is 22.5. The number of rotatable bonds is 3. The van der Waals surface area contributed by atoms with E-state index in [1.54, 1.807) is 16.2 Å². The van der Waals surface area contributed by atoms with Gasteiger partial charge in [-0.15, -0.1) is 11.3 Å². The van der Waals surface area contributed by atoms with Crippen LogP contribution in [0.25, 0.3) is 0 Å². The van der Waals surface area contributed by atoms with E-state index in [9.17, 15) is 4.79 Å². The lowest BCUT2D eigenvalue weighted by Crippen LogP contribution is -2.27. The fourth-order valence-electron chi connectivity index (χ4n) is 1.85. The Morgan fingerprint density at radius 3 is 2.67 bits per heavy atom. The van der Waals surface area contributed by atoms with Gasteiger partial charge in [0, 0.05) is 17.6 Å². The summed E-state index contributed by atoms with van der Waals surface area (Å²) in [5.74, 6) is 0.737. The largest absolute Gasteiger partial charge is 0.346 e. The van der Waals surface area contributed by atoms with Crippen LogP contribution in [-0.2, 0) is 6.54 Å². The highest BCUT2D eigenvalue weighted by Crippen LogP contribution is 2.18.